The van der Waals surface area contributed by atoms with Crippen LogP contribution in [0, 0.1) is 0 Å². The van der Waals surface area contributed by atoms with E-state index in [0.29, 0.717) is 30.0 Å². The Morgan fingerprint density at radius 2 is 1.79 bits per heavy atom. The van der Waals surface area contributed by atoms with Crippen LogP contribution in [0.3, 0.4) is 0 Å². The zero-order valence-corrected chi connectivity index (χ0v) is 16.4. The van der Waals surface area contributed by atoms with Crippen molar-refractivity contribution in [3.05, 3.63) is 83.9 Å². The lowest BCUT2D eigenvalue weighted by Gasteiger charge is -2.11. The summed E-state index contributed by atoms with van der Waals surface area (Å²) in [5, 5.41) is 14.4. The highest BCUT2D eigenvalue weighted by Gasteiger charge is 2.15. The van der Waals surface area contributed by atoms with E-state index in [2.05, 4.69) is 10.3 Å². The van der Waals surface area contributed by atoms with Gasteiger partial charge in [0.25, 0.3) is 0 Å². The van der Waals surface area contributed by atoms with Gasteiger partial charge in [-0.15, -0.1) is 11.3 Å². The van der Waals surface area contributed by atoms with E-state index >= 15 is 0 Å². The molecule has 4 aromatic rings. The second kappa shape index (κ2) is 8.67. The maximum Gasteiger partial charge on any atom is 0.225 e. The molecule has 0 saturated carbocycles. The van der Waals surface area contributed by atoms with Crippen LogP contribution in [0.25, 0.3) is 21.8 Å². The Morgan fingerprint density at radius 3 is 2.52 bits per heavy atom. The van der Waals surface area contributed by atoms with Gasteiger partial charge in [0.1, 0.15) is 11.4 Å². The van der Waals surface area contributed by atoms with Crippen LogP contribution in [0.4, 0.5) is 5.82 Å². The van der Waals surface area contributed by atoms with Gasteiger partial charge in [-0.05, 0) is 47.7 Å². The molecule has 4 rings (SSSR count). The van der Waals surface area contributed by atoms with Gasteiger partial charge in [-0.1, -0.05) is 36.4 Å². The molecule has 2 heterocycles. The van der Waals surface area contributed by atoms with Crippen LogP contribution in [-0.2, 0) is 11.2 Å². The molecule has 0 radical (unpaired) electrons. The third kappa shape index (κ3) is 4.67. The summed E-state index contributed by atoms with van der Waals surface area (Å²) in [5.74, 6) is 0.550. The van der Waals surface area contributed by atoms with Crippen molar-refractivity contribution in [1.82, 2.24) is 9.97 Å². The summed E-state index contributed by atoms with van der Waals surface area (Å²) in [6, 6.07) is 20.6. The van der Waals surface area contributed by atoms with Crippen molar-refractivity contribution < 1.29 is 9.90 Å². The standard InChI is InChI=1S/C23H19N3O2S/c27-18-11-9-17(10-12-18)19-15-24-23(22(25-19)20-7-4-14-29-20)26-21(28)13-8-16-5-2-1-3-6-16/h1-7,9-12,14-15,27H,8,13H2,(H,24,26,28). The number of hydrogen-bond donors (Lipinski definition) is 2. The molecule has 1 amide bonds. The molecule has 6 heteroatoms. The number of nitrogens with zero attached hydrogens (tertiary/aromatic N) is 2. The van der Waals surface area contributed by atoms with E-state index in [-0.39, 0.29) is 11.7 Å². The van der Waals surface area contributed by atoms with E-state index in [9.17, 15) is 9.90 Å². The number of nitrogens with one attached hydrogen (secondary N) is 1. The minimum Gasteiger partial charge on any atom is -0.508 e. The average Bonchev–Trinajstić information content (AvgIpc) is 3.29. The fraction of sp³-hybridized carbons (Fsp3) is 0.0870. The quantitative estimate of drug-likeness (QED) is 0.469. The Balaban J connectivity index is 1.57. The smallest absolute Gasteiger partial charge is 0.225 e. The van der Waals surface area contributed by atoms with Crippen molar-refractivity contribution in [2.24, 2.45) is 0 Å². The first-order chi connectivity index (χ1) is 14.2. The van der Waals surface area contributed by atoms with Crippen molar-refractivity contribution in [1.29, 1.82) is 0 Å². The molecular weight excluding hydrogens is 382 g/mol. The monoisotopic (exact) mass is 401 g/mol. The number of aromatic hydroxyl groups is 1. The van der Waals surface area contributed by atoms with Gasteiger partial charge in [-0.2, -0.15) is 0 Å². The molecule has 0 fully saturated rings. The predicted molar refractivity (Wildman–Crippen MR) is 116 cm³/mol. The molecule has 2 N–H and O–H groups in total. The molecule has 0 bridgehead atoms. The molecule has 0 saturated heterocycles. The average molecular weight is 401 g/mol. The van der Waals surface area contributed by atoms with Crippen molar-refractivity contribution in [3.63, 3.8) is 0 Å². The SMILES string of the molecule is O=C(CCc1ccccc1)Nc1ncc(-c2ccc(O)cc2)nc1-c1cccs1. The Morgan fingerprint density at radius 1 is 1.00 bits per heavy atom. The summed E-state index contributed by atoms with van der Waals surface area (Å²) < 4.78 is 0. The van der Waals surface area contributed by atoms with E-state index in [1.54, 1.807) is 41.8 Å². The van der Waals surface area contributed by atoms with Crippen LogP contribution in [-0.4, -0.2) is 21.0 Å². The number of rotatable bonds is 6. The molecule has 0 unspecified atom stereocenters. The number of aromatic nitrogens is 2. The normalized spacial score (nSPS) is 10.6. The van der Waals surface area contributed by atoms with Crippen LogP contribution >= 0.6 is 11.3 Å². The van der Waals surface area contributed by atoms with Gasteiger partial charge in [0.15, 0.2) is 5.82 Å². The Kier molecular flexibility index (Phi) is 5.63. The second-order valence-corrected chi connectivity index (χ2v) is 7.46. The highest BCUT2D eigenvalue weighted by atomic mass is 32.1. The topological polar surface area (TPSA) is 75.1 Å². The summed E-state index contributed by atoms with van der Waals surface area (Å²) in [5.41, 5.74) is 3.28. The van der Waals surface area contributed by atoms with Gasteiger partial charge in [0.05, 0.1) is 16.8 Å². The number of phenols is 1. The first-order valence-electron chi connectivity index (χ1n) is 9.23. The Labute approximate surface area is 172 Å². The molecule has 0 atom stereocenters. The van der Waals surface area contributed by atoms with Crippen molar-refractivity contribution in [2.45, 2.75) is 12.8 Å². The van der Waals surface area contributed by atoms with E-state index in [1.165, 1.54) is 0 Å². The number of amides is 1. The lowest BCUT2D eigenvalue weighted by atomic mass is 10.1. The van der Waals surface area contributed by atoms with Gasteiger partial charge in [0.2, 0.25) is 5.91 Å². The zero-order valence-electron chi connectivity index (χ0n) is 15.6. The number of carbonyl (C=O) groups excluding carboxylic acids is 1. The number of thiophene rings is 1. The van der Waals surface area contributed by atoms with Gasteiger partial charge in [-0.3, -0.25) is 4.79 Å². The Hall–Kier alpha value is -3.51. The molecule has 2 aromatic carbocycles. The summed E-state index contributed by atoms with van der Waals surface area (Å²) in [7, 11) is 0. The minimum atomic E-state index is -0.0988. The number of hydrogen-bond acceptors (Lipinski definition) is 5. The van der Waals surface area contributed by atoms with Crippen LogP contribution in [0.5, 0.6) is 5.75 Å². The molecule has 0 aliphatic carbocycles. The van der Waals surface area contributed by atoms with Gasteiger partial charge >= 0.3 is 0 Å². The summed E-state index contributed by atoms with van der Waals surface area (Å²) in [6.07, 6.45) is 2.67. The van der Waals surface area contributed by atoms with Crippen LogP contribution in [0.2, 0.25) is 0 Å². The first kappa shape index (κ1) is 18.8. The van der Waals surface area contributed by atoms with Crippen LogP contribution < -0.4 is 5.32 Å². The molecule has 0 aliphatic rings. The minimum absolute atomic E-state index is 0.0988. The molecule has 0 aliphatic heterocycles. The fourth-order valence-electron chi connectivity index (χ4n) is 2.93. The molecule has 29 heavy (non-hydrogen) atoms. The number of benzene rings is 2. The molecule has 5 nitrogen and oxygen atoms in total. The summed E-state index contributed by atoms with van der Waals surface area (Å²) in [4.78, 5) is 22.6. The van der Waals surface area contributed by atoms with Crippen molar-refractivity contribution >= 4 is 23.1 Å². The molecule has 0 spiro atoms. The maximum absolute atomic E-state index is 12.5. The van der Waals surface area contributed by atoms with Crippen molar-refractivity contribution in [2.75, 3.05) is 5.32 Å². The molecule has 2 aromatic heterocycles. The Bertz CT molecular complexity index is 1090. The second-order valence-electron chi connectivity index (χ2n) is 6.51. The largest absolute Gasteiger partial charge is 0.508 e. The number of aryl methyl sites for hydroxylation is 1. The maximum atomic E-state index is 12.5. The van der Waals surface area contributed by atoms with Crippen LogP contribution in [0.1, 0.15) is 12.0 Å². The highest BCUT2D eigenvalue weighted by molar-refractivity contribution is 7.13. The summed E-state index contributed by atoms with van der Waals surface area (Å²) >= 11 is 1.54. The van der Waals surface area contributed by atoms with E-state index in [0.717, 1.165) is 16.0 Å². The lowest BCUT2D eigenvalue weighted by molar-refractivity contribution is -0.116. The van der Waals surface area contributed by atoms with Gasteiger partial charge < -0.3 is 10.4 Å². The van der Waals surface area contributed by atoms with Gasteiger partial charge in [-0.25, -0.2) is 9.97 Å². The summed E-state index contributed by atoms with van der Waals surface area (Å²) in [6.45, 7) is 0. The van der Waals surface area contributed by atoms with E-state index in [1.807, 2.05) is 47.8 Å². The number of anilines is 1. The lowest BCUT2D eigenvalue weighted by Crippen LogP contribution is -2.14. The van der Waals surface area contributed by atoms with Gasteiger partial charge in [0, 0.05) is 12.0 Å². The predicted octanol–water partition coefficient (Wildman–Crippen LogP) is 5.15. The third-order valence-electron chi connectivity index (χ3n) is 4.43. The fourth-order valence-corrected chi connectivity index (χ4v) is 3.65. The zero-order chi connectivity index (χ0) is 20.1. The van der Waals surface area contributed by atoms with Crippen LogP contribution in [0.15, 0.2) is 78.3 Å². The number of carbonyl (C=O) groups is 1. The van der Waals surface area contributed by atoms with E-state index in [4.69, 9.17) is 4.98 Å². The highest BCUT2D eigenvalue weighted by Crippen LogP contribution is 2.31. The first-order valence-corrected chi connectivity index (χ1v) is 10.1. The third-order valence-corrected chi connectivity index (χ3v) is 5.31. The molecular formula is C23H19N3O2S. The van der Waals surface area contributed by atoms with E-state index < -0.39 is 0 Å². The number of phenolic OH excluding ortho intramolecular Hbond substituents is 1. The molecule has 144 valence electrons. The van der Waals surface area contributed by atoms with Crippen molar-refractivity contribution in [3.8, 4) is 27.6 Å².